The fourth-order valence-corrected chi connectivity index (χ4v) is 2.25. The Labute approximate surface area is 119 Å². The lowest BCUT2D eigenvalue weighted by molar-refractivity contribution is 0.301. The molecule has 6 nitrogen and oxygen atoms in total. The van der Waals surface area contributed by atoms with E-state index in [2.05, 4.69) is 22.0 Å². The number of aromatic nitrogens is 1. The number of hydrogen-bond donors (Lipinski definition) is 3. The molecule has 0 fully saturated rings. The van der Waals surface area contributed by atoms with Crippen LogP contribution >= 0.6 is 0 Å². The first-order valence-electron chi connectivity index (χ1n) is 6.87. The number of oxime groups is 1. The fraction of sp³-hybridized carbons (Fsp3) is 0.571. The summed E-state index contributed by atoms with van der Waals surface area (Å²) in [6.45, 7) is 7.23. The van der Waals surface area contributed by atoms with Crippen molar-refractivity contribution in [1.29, 1.82) is 0 Å². The second-order valence-corrected chi connectivity index (χ2v) is 4.79. The number of nitrogens with zero attached hydrogens (tertiary/aromatic N) is 3. The molecule has 0 unspecified atom stereocenters. The van der Waals surface area contributed by atoms with Crippen LogP contribution in [-0.2, 0) is 0 Å². The van der Waals surface area contributed by atoms with E-state index in [1.165, 1.54) is 0 Å². The molecule has 0 aromatic carbocycles. The fourth-order valence-electron chi connectivity index (χ4n) is 2.25. The molecule has 6 heteroatoms. The molecule has 0 amide bonds. The zero-order valence-corrected chi connectivity index (χ0v) is 12.4. The lowest BCUT2D eigenvalue weighted by Gasteiger charge is -2.27. The van der Waals surface area contributed by atoms with Gasteiger partial charge in [0.05, 0.1) is 23.6 Å². The summed E-state index contributed by atoms with van der Waals surface area (Å²) in [4.78, 5) is 6.42. The number of aryl methyl sites for hydroxylation is 2. The van der Waals surface area contributed by atoms with Crippen molar-refractivity contribution in [2.24, 2.45) is 10.9 Å². The van der Waals surface area contributed by atoms with Crippen LogP contribution in [0.2, 0.25) is 0 Å². The molecule has 0 spiro atoms. The Morgan fingerprint density at radius 2 is 2.10 bits per heavy atom. The van der Waals surface area contributed by atoms with E-state index in [9.17, 15) is 5.11 Å². The van der Waals surface area contributed by atoms with Crippen LogP contribution in [0.3, 0.4) is 0 Å². The lowest BCUT2D eigenvalue weighted by atomic mass is 10.1. The Hall–Kier alpha value is -1.82. The van der Waals surface area contributed by atoms with Crippen LogP contribution in [0.25, 0.3) is 0 Å². The number of nitrogens with two attached hydrogens (primary N) is 1. The second-order valence-electron chi connectivity index (χ2n) is 4.79. The molecule has 1 aromatic heterocycles. The summed E-state index contributed by atoms with van der Waals surface area (Å²) < 4.78 is 0. The molecular formula is C14H24N4O2. The van der Waals surface area contributed by atoms with Crippen LogP contribution in [-0.4, -0.2) is 40.8 Å². The van der Waals surface area contributed by atoms with Crippen molar-refractivity contribution in [2.45, 2.75) is 33.6 Å². The highest BCUT2D eigenvalue weighted by Crippen LogP contribution is 2.24. The Balaban J connectivity index is 3.30. The summed E-state index contributed by atoms with van der Waals surface area (Å²) >= 11 is 0. The standard InChI is InChI=1S/C14H24N4O2/c1-4-5-6-18(7-8-19)12-9-10(2)16-11(3)13(12)14(15)17-20/h9,19-20H,4-8H2,1-3H3,(H2,15,17). The molecule has 0 bridgehead atoms. The number of unbranched alkanes of at least 4 members (excludes halogenated alkanes) is 1. The van der Waals surface area contributed by atoms with Gasteiger partial charge in [0.25, 0.3) is 0 Å². The van der Waals surface area contributed by atoms with E-state index in [-0.39, 0.29) is 12.4 Å². The van der Waals surface area contributed by atoms with E-state index in [1.54, 1.807) is 0 Å². The minimum Gasteiger partial charge on any atom is -0.409 e. The summed E-state index contributed by atoms with van der Waals surface area (Å²) in [5.74, 6) is 0.0458. The largest absolute Gasteiger partial charge is 0.409 e. The number of pyridine rings is 1. The summed E-state index contributed by atoms with van der Waals surface area (Å²) in [6, 6.07) is 1.91. The third-order valence-electron chi connectivity index (χ3n) is 3.16. The van der Waals surface area contributed by atoms with Crippen LogP contribution in [0, 0.1) is 13.8 Å². The van der Waals surface area contributed by atoms with Crippen molar-refractivity contribution in [2.75, 3.05) is 24.6 Å². The normalized spacial score (nSPS) is 11.7. The minimum atomic E-state index is 0.0458. The first-order valence-corrected chi connectivity index (χ1v) is 6.87. The monoisotopic (exact) mass is 280 g/mol. The Bertz CT molecular complexity index is 474. The van der Waals surface area contributed by atoms with Gasteiger partial charge in [0.1, 0.15) is 0 Å². The summed E-state index contributed by atoms with van der Waals surface area (Å²) in [7, 11) is 0. The van der Waals surface area contributed by atoms with Crippen molar-refractivity contribution < 1.29 is 10.3 Å². The van der Waals surface area contributed by atoms with E-state index >= 15 is 0 Å². The lowest BCUT2D eigenvalue weighted by Crippen LogP contribution is -2.31. The van der Waals surface area contributed by atoms with Crippen LogP contribution < -0.4 is 10.6 Å². The Morgan fingerprint density at radius 1 is 1.40 bits per heavy atom. The molecule has 0 saturated carbocycles. The quantitative estimate of drug-likeness (QED) is 0.304. The average Bonchev–Trinajstić information content (AvgIpc) is 2.41. The number of anilines is 1. The number of rotatable bonds is 7. The average molecular weight is 280 g/mol. The molecule has 112 valence electrons. The third kappa shape index (κ3) is 3.84. The highest BCUT2D eigenvalue weighted by Gasteiger charge is 2.17. The predicted molar refractivity (Wildman–Crippen MR) is 80.4 cm³/mol. The number of amidine groups is 1. The molecule has 1 aromatic rings. The summed E-state index contributed by atoms with van der Waals surface area (Å²) in [5.41, 5.74) is 8.85. The molecule has 1 heterocycles. The first kappa shape index (κ1) is 16.2. The van der Waals surface area contributed by atoms with Gasteiger partial charge in [-0.15, -0.1) is 0 Å². The van der Waals surface area contributed by atoms with Crippen molar-refractivity contribution in [3.8, 4) is 0 Å². The molecule has 20 heavy (non-hydrogen) atoms. The molecule has 0 aliphatic heterocycles. The van der Waals surface area contributed by atoms with Gasteiger partial charge in [-0.2, -0.15) is 0 Å². The molecule has 0 saturated heterocycles. The number of aliphatic hydroxyl groups is 1. The zero-order valence-electron chi connectivity index (χ0n) is 12.4. The molecule has 0 radical (unpaired) electrons. The maximum Gasteiger partial charge on any atom is 0.174 e. The maximum atomic E-state index is 9.25. The molecule has 0 atom stereocenters. The summed E-state index contributed by atoms with van der Waals surface area (Å²) in [6.07, 6.45) is 2.07. The van der Waals surface area contributed by atoms with E-state index in [1.807, 2.05) is 19.9 Å². The molecule has 0 aliphatic carbocycles. The first-order chi connectivity index (χ1) is 9.54. The smallest absolute Gasteiger partial charge is 0.174 e. The molecule has 1 rings (SSSR count). The Kier molecular flexibility index (Phi) is 6.24. The van der Waals surface area contributed by atoms with E-state index < -0.39 is 0 Å². The second kappa shape index (κ2) is 7.69. The minimum absolute atomic E-state index is 0.0458. The Morgan fingerprint density at radius 3 is 2.65 bits per heavy atom. The van der Waals surface area contributed by atoms with Gasteiger partial charge in [0, 0.05) is 18.8 Å². The van der Waals surface area contributed by atoms with Crippen LogP contribution in [0.1, 0.15) is 36.7 Å². The summed E-state index contributed by atoms with van der Waals surface area (Å²) in [5, 5.41) is 21.3. The van der Waals surface area contributed by atoms with E-state index in [4.69, 9.17) is 10.9 Å². The van der Waals surface area contributed by atoms with Crippen LogP contribution in [0.4, 0.5) is 5.69 Å². The number of aliphatic hydroxyl groups excluding tert-OH is 1. The molecular weight excluding hydrogens is 256 g/mol. The van der Waals surface area contributed by atoms with Gasteiger partial charge >= 0.3 is 0 Å². The highest BCUT2D eigenvalue weighted by molar-refractivity contribution is 6.03. The van der Waals surface area contributed by atoms with Crippen molar-refractivity contribution in [3.63, 3.8) is 0 Å². The van der Waals surface area contributed by atoms with Crippen molar-refractivity contribution >= 4 is 11.5 Å². The van der Waals surface area contributed by atoms with Gasteiger partial charge in [-0.05, 0) is 26.3 Å². The SMILES string of the molecule is CCCCN(CCO)c1cc(C)nc(C)c1/C(N)=N/O. The van der Waals surface area contributed by atoms with Gasteiger partial charge in [-0.25, -0.2) is 0 Å². The van der Waals surface area contributed by atoms with Gasteiger partial charge in [0.15, 0.2) is 5.84 Å². The van der Waals surface area contributed by atoms with Crippen LogP contribution in [0.5, 0.6) is 0 Å². The highest BCUT2D eigenvalue weighted by atomic mass is 16.4. The molecule has 0 aliphatic rings. The van der Waals surface area contributed by atoms with Gasteiger partial charge in [-0.3, -0.25) is 4.98 Å². The maximum absolute atomic E-state index is 9.25. The van der Waals surface area contributed by atoms with Gasteiger partial charge in [0.2, 0.25) is 0 Å². The van der Waals surface area contributed by atoms with Crippen molar-refractivity contribution in [3.05, 3.63) is 23.0 Å². The molecule has 4 N–H and O–H groups in total. The zero-order chi connectivity index (χ0) is 15.1. The number of hydrogen-bond acceptors (Lipinski definition) is 5. The van der Waals surface area contributed by atoms with Gasteiger partial charge < -0.3 is 20.9 Å². The third-order valence-corrected chi connectivity index (χ3v) is 3.16. The van der Waals surface area contributed by atoms with E-state index in [0.717, 1.165) is 36.5 Å². The topological polar surface area (TPSA) is 95.0 Å². The van der Waals surface area contributed by atoms with Crippen LogP contribution in [0.15, 0.2) is 11.2 Å². The van der Waals surface area contributed by atoms with Crippen molar-refractivity contribution in [1.82, 2.24) is 4.98 Å². The van der Waals surface area contributed by atoms with E-state index in [0.29, 0.717) is 12.1 Å². The van der Waals surface area contributed by atoms with Gasteiger partial charge in [-0.1, -0.05) is 18.5 Å². The predicted octanol–water partition coefficient (Wildman–Crippen LogP) is 1.39.